The number of ether oxygens (including phenoxy) is 2. The average molecular weight is 216 g/mol. The second-order valence-electron chi connectivity index (χ2n) is 3.23. The molecule has 0 aromatic carbocycles. The third-order valence-electron chi connectivity index (χ3n) is 2.04. The molecule has 0 bridgehead atoms. The number of methoxy groups -OCH3 is 1. The molecule has 0 spiro atoms. The Morgan fingerprint density at radius 3 is 2.80 bits per heavy atom. The first-order valence-electron chi connectivity index (χ1n) is 4.88. The number of nitrogens with one attached hydrogen (secondary N) is 2. The summed E-state index contributed by atoms with van der Waals surface area (Å²) >= 11 is 0. The van der Waals surface area contributed by atoms with Gasteiger partial charge in [0.1, 0.15) is 0 Å². The number of carbonyl (C=O) groups is 2. The fraction of sp³-hybridized carbons (Fsp3) is 0.778. The molecule has 0 saturated carbocycles. The molecule has 0 aromatic rings. The second-order valence-corrected chi connectivity index (χ2v) is 3.23. The van der Waals surface area contributed by atoms with Crippen LogP contribution in [0.5, 0.6) is 0 Å². The topological polar surface area (TPSA) is 76.7 Å². The molecule has 1 aliphatic rings. The van der Waals surface area contributed by atoms with Crippen molar-refractivity contribution in [3.05, 3.63) is 0 Å². The third kappa shape index (κ3) is 4.37. The fourth-order valence-electron chi connectivity index (χ4n) is 1.27. The Morgan fingerprint density at radius 1 is 1.40 bits per heavy atom. The standard InChI is InChI=1S/C9H16N2O4/c1-14-4-5-15-3-2-10-7-6-8(12)11-9(7)13/h7,10H,2-6H2,1H3,(H,11,12,13). The first kappa shape index (κ1) is 12.1. The summed E-state index contributed by atoms with van der Waals surface area (Å²) in [5, 5.41) is 5.17. The van der Waals surface area contributed by atoms with E-state index in [0.29, 0.717) is 26.4 Å². The van der Waals surface area contributed by atoms with Crippen LogP contribution in [0.1, 0.15) is 6.42 Å². The van der Waals surface area contributed by atoms with Gasteiger partial charge in [0.25, 0.3) is 0 Å². The summed E-state index contributed by atoms with van der Waals surface area (Å²) in [6.07, 6.45) is 0.219. The van der Waals surface area contributed by atoms with E-state index in [0.717, 1.165) is 0 Å². The van der Waals surface area contributed by atoms with E-state index in [2.05, 4.69) is 10.6 Å². The number of amides is 2. The molecule has 2 amide bonds. The van der Waals surface area contributed by atoms with Gasteiger partial charge in [0.15, 0.2) is 0 Å². The second kappa shape index (κ2) is 6.49. The summed E-state index contributed by atoms with van der Waals surface area (Å²) < 4.78 is 9.99. The molecule has 6 heteroatoms. The van der Waals surface area contributed by atoms with Crippen LogP contribution in [0.25, 0.3) is 0 Å². The summed E-state index contributed by atoms with van der Waals surface area (Å²) in [4.78, 5) is 21.9. The Hall–Kier alpha value is -0.980. The van der Waals surface area contributed by atoms with E-state index in [9.17, 15) is 9.59 Å². The maximum absolute atomic E-state index is 11.1. The van der Waals surface area contributed by atoms with Crippen molar-refractivity contribution in [1.29, 1.82) is 0 Å². The minimum absolute atomic E-state index is 0.219. The molecule has 86 valence electrons. The monoisotopic (exact) mass is 216 g/mol. The lowest BCUT2D eigenvalue weighted by molar-refractivity contribution is -0.125. The molecule has 0 aliphatic carbocycles. The maximum atomic E-state index is 11.1. The van der Waals surface area contributed by atoms with Gasteiger partial charge < -0.3 is 14.8 Å². The first-order chi connectivity index (χ1) is 7.24. The molecule has 1 unspecified atom stereocenters. The molecule has 1 fully saturated rings. The molecule has 1 rings (SSSR count). The van der Waals surface area contributed by atoms with Crippen LogP contribution in [-0.4, -0.2) is 51.3 Å². The Kier molecular flexibility index (Phi) is 5.23. The largest absolute Gasteiger partial charge is 0.382 e. The van der Waals surface area contributed by atoms with Crippen molar-refractivity contribution in [3.8, 4) is 0 Å². The number of hydrogen-bond acceptors (Lipinski definition) is 5. The Morgan fingerprint density at radius 2 is 2.20 bits per heavy atom. The summed E-state index contributed by atoms with van der Waals surface area (Å²) in [6, 6.07) is -0.400. The third-order valence-corrected chi connectivity index (χ3v) is 2.04. The van der Waals surface area contributed by atoms with E-state index in [4.69, 9.17) is 9.47 Å². The van der Waals surface area contributed by atoms with Gasteiger partial charge in [0.05, 0.1) is 32.3 Å². The maximum Gasteiger partial charge on any atom is 0.244 e. The quantitative estimate of drug-likeness (QED) is 0.406. The van der Waals surface area contributed by atoms with Crippen LogP contribution in [0.2, 0.25) is 0 Å². The van der Waals surface area contributed by atoms with E-state index in [1.165, 1.54) is 0 Å². The Labute approximate surface area is 88.3 Å². The Balaban J connectivity index is 2.00. The van der Waals surface area contributed by atoms with Crippen molar-refractivity contribution in [2.75, 3.05) is 33.5 Å². The number of imide groups is 1. The SMILES string of the molecule is COCCOCCNC1CC(=O)NC1=O. The lowest BCUT2D eigenvalue weighted by Gasteiger charge is -2.08. The van der Waals surface area contributed by atoms with Gasteiger partial charge in [0.2, 0.25) is 11.8 Å². The van der Waals surface area contributed by atoms with Crippen LogP contribution in [0, 0.1) is 0 Å². The van der Waals surface area contributed by atoms with Crippen LogP contribution in [0.15, 0.2) is 0 Å². The molecule has 1 saturated heterocycles. The van der Waals surface area contributed by atoms with Crippen molar-refractivity contribution < 1.29 is 19.1 Å². The highest BCUT2D eigenvalue weighted by atomic mass is 16.5. The van der Waals surface area contributed by atoms with Gasteiger partial charge >= 0.3 is 0 Å². The smallest absolute Gasteiger partial charge is 0.244 e. The number of carbonyl (C=O) groups excluding carboxylic acids is 2. The van der Waals surface area contributed by atoms with E-state index in [-0.39, 0.29) is 18.2 Å². The van der Waals surface area contributed by atoms with Gasteiger partial charge in [-0.05, 0) is 0 Å². The number of rotatable bonds is 7. The van der Waals surface area contributed by atoms with E-state index >= 15 is 0 Å². The van der Waals surface area contributed by atoms with Gasteiger partial charge in [0, 0.05) is 13.7 Å². The predicted octanol–water partition coefficient (Wildman–Crippen LogP) is -1.35. The summed E-state index contributed by atoms with van der Waals surface area (Å²) in [6.45, 7) is 2.15. The summed E-state index contributed by atoms with van der Waals surface area (Å²) in [5.41, 5.74) is 0. The lowest BCUT2D eigenvalue weighted by Crippen LogP contribution is -2.38. The molecule has 2 N–H and O–H groups in total. The summed E-state index contributed by atoms with van der Waals surface area (Å²) in [5.74, 6) is -0.477. The highest BCUT2D eigenvalue weighted by Crippen LogP contribution is 2.00. The van der Waals surface area contributed by atoms with Gasteiger partial charge in [-0.15, -0.1) is 0 Å². The van der Waals surface area contributed by atoms with Crippen molar-refractivity contribution in [2.45, 2.75) is 12.5 Å². The lowest BCUT2D eigenvalue weighted by atomic mass is 10.2. The molecule has 0 radical (unpaired) electrons. The van der Waals surface area contributed by atoms with Crippen LogP contribution in [0.4, 0.5) is 0 Å². The minimum Gasteiger partial charge on any atom is -0.382 e. The average Bonchev–Trinajstić information content (AvgIpc) is 2.51. The molecule has 0 aromatic heterocycles. The van der Waals surface area contributed by atoms with Crippen molar-refractivity contribution in [3.63, 3.8) is 0 Å². The number of hydrogen-bond donors (Lipinski definition) is 2. The van der Waals surface area contributed by atoms with E-state index < -0.39 is 6.04 Å². The highest BCUT2D eigenvalue weighted by Gasteiger charge is 2.29. The Bertz CT molecular complexity index is 232. The zero-order valence-electron chi connectivity index (χ0n) is 8.75. The fourth-order valence-corrected chi connectivity index (χ4v) is 1.27. The zero-order chi connectivity index (χ0) is 11.1. The highest BCUT2D eigenvalue weighted by molar-refractivity contribution is 6.05. The molecular formula is C9H16N2O4. The molecule has 15 heavy (non-hydrogen) atoms. The van der Waals surface area contributed by atoms with Crippen LogP contribution < -0.4 is 10.6 Å². The molecule has 1 atom stereocenters. The van der Waals surface area contributed by atoms with Crippen molar-refractivity contribution in [1.82, 2.24) is 10.6 Å². The van der Waals surface area contributed by atoms with E-state index in [1.54, 1.807) is 7.11 Å². The van der Waals surface area contributed by atoms with Crippen LogP contribution in [-0.2, 0) is 19.1 Å². The molecule has 1 aliphatic heterocycles. The normalized spacial score (nSPS) is 20.7. The van der Waals surface area contributed by atoms with E-state index in [1.807, 2.05) is 0 Å². The van der Waals surface area contributed by atoms with Crippen LogP contribution >= 0.6 is 0 Å². The first-order valence-corrected chi connectivity index (χ1v) is 4.88. The van der Waals surface area contributed by atoms with Gasteiger partial charge in [-0.3, -0.25) is 14.9 Å². The summed E-state index contributed by atoms with van der Waals surface area (Å²) in [7, 11) is 1.61. The van der Waals surface area contributed by atoms with Gasteiger partial charge in [-0.1, -0.05) is 0 Å². The van der Waals surface area contributed by atoms with Gasteiger partial charge in [-0.2, -0.15) is 0 Å². The molecule has 1 heterocycles. The predicted molar refractivity (Wildman–Crippen MR) is 52.3 cm³/mol. The van der Waals surface area contributed by atoms with Crippen molar-refractivity contribution in [2.24, 2.45) is 0 Å². The van der Waals surface area contributed by atoms with Gasteiger partial charge in [-0.25, -0.2) is 0 Å². The molecular weight excluding hydrogens is 200 g/mol. The van der Waals surface area contributed by atoms with Crippen LogP contribution in [0.3, 0.4) is 0 Å². The molecule has 6 nitrogen and oxygen atoms in total. The van der Waals surface area contributed by atoms with Crippen molar-refractivity contribution >= 4 is 11.8 Å². The zero-order valence-corrected chi connectivity index (χ0v) is 8.75. The minimum atomic E-state index is -0.400.